The average Bonchev–Trinajstić information content (AvgIpc) is 3.29. The van der Waals surface area contributed by atoms with E-state index in [0.29, 0.717) is 28.7 Å². The molecule has 0 unspecified atom stereocenters. The number of hydrogen-bond acceptors (Lipinski definition) is 7. The van der Waals surface area contributed by atoms with Crippen LogP contribution >= 0.6 is 0 Å². The van der Waals surface area contributed by atoms with Crippen LogP contribution in [0.2, 0.25) is 0 Å². The number of pyridine rings is 1. The van der Waals surface area contributed by atoms with E-state index in [2.05, 4.69) is 20.4 Å². The topological polar surface area (TPSA) is 99.4 Å². The Morgan fingerprint density at radius 2 is 1.90 bits per heavy atom. The second kappa shape index (κ2) is 8.87. The van der Waals surface area contributed by atoms with Gasteiger partial charge < -0.3 is 19.3 Å². The van der Waals surface area contributed by atoms with Gasteiger partial charge in [0, 0.05) is 17.3 Å². The van der Waals surface area contributed by atoms with Crippen molar-refractivity contribution in [3.63, 3.8) is 0 Å². The SMILES string of the molecule is COc1ccc(-c2noc(-c3cccc(OCC(=O)Nc4cccnc4)c3)n2)cc1. The van der Waals surface area contributed by atoms with E-state index in [9.17, 15) is 4.79 Å². The van der Waals surface area contributed by atoms with E-state index in [1.807, 2.05) is 30.3 Å². The molecule has 0 spiro atoms. The van der Waals surface area contributed by atoms with Crippen molar-refractivity contribution in [1.29, 1.82) is 0 Å². The van der Waals surface area contributed by atoms with Crippen molar-refractivity contribution < 1.29 is 18.8 Å². The Bertz CT molecular complexity index is 1130. The van der Waals surface area contributed by atoms with Crippen LogP contribution in [0.5, 0.6) is 11.5 Å². The highest BCUT2D eigenvalue weighted by atomic mass is 16.5. The zero-order valence-corrected chi connectivity index (χ0v) is 16.1. The molecule has 2 heterocycles. The van der Waals surface area contributed by atoms with Crippen LogP contribution in [0.4, 0.5) is 5.69 Å². The highest BCUT2D eigenvalue weighted by Gasteiger charge is 2.12. The molecule has 2 aromatic heterocycles. The normalized spacial score (nSPS) is 10.4. The number of hydrogen-bond donors (Lipinski definition) is 1. The van der Waals surface area contributed by atoms with Crippen LogP contribution in [-0.4, -0.2) is 34.7 Å². The molecule has 0 radical (unpaired) electrons. The molecule has 0 saturated carbocycles. The first-order valence-corrected chi connectivity index (χ1v) is 9.12. The molecule has 4 aromatic rings. The summed E-state index contributed by atoms with van der Waals surface area (Å²) in [7, 11) is 1.61. The second-order valence-corrected chi connectivity index (χ2v) is 6.26. The Balaban J connectivity index is 1.42. The predicted octanol–water partition coefficient (Wildman–Crippen LogP) is 3.82. The minimum absolute atomic E-state index is 0.140. The first-order valence-electron chi connectivity index (χ1n) is 9.12. The molecular formula is C22H18N4O4. The lowest BCUT2D eigenvalue weighted by molar-refractivity contribution is -0.118. The van der Waals surface area contributed by atoms with E-state index >= 15 is 0 Å². The summed E-state index contributed by atoms with van der Waals surface area (Å²) in [5, 5.41) is 6.74. The molecule has 0 aliphatic heterocycles. The number of amides is 1. The lowest BCUT2D eigenvalue weighted by atomic mass is 10.2. The third kappa shape index (κ3) is 4.61. The molecule has 8 nitrogen and oxygen atoms in total. The molecule has 150 valence electrons. The summed E-state index contributed by atoms with van der Waals surface area (Å²) in [6.45, 7) is -0.140. The molecule has 2 aromatic carbocycles. The summed E-state index contributed by atoms with van der Waals surface area (Å²) in [4.78, 5) is 20.4. The maximum Gasteiger partial charge on any atom is 0.262 e. The fraction of sp³-hybridized carbons (Fsp3) is 0.0909. The number of nitrogens with zero attached hydrogens (tertiary/aromatic N) is 3. The third-order valence-corrected chi connectivity index (χ3v) is 4.17. The lowest BCUT2D eigenvalue weighted by Gasteiger charge is -2.07. The minimum Gasteiger partial charge on any atom is -0.497 e. The molecule has 1 N–H and O–H groups in total. The Labute approximate surface area is 172 Å². The van der Waals surface area contributed by atoms with Gasteiger partial charge in [0.05, 0.1) is 19.0 Å². The highest BCUT2D eigenvalue weighted by Crippen LogP contribution is 2.26. The van der Waals surface area contributed by atoms with Gasteiger partial charge in [0.1, 0.15) is 11.5 Å². The summed E-state index contributed by atoms with van der Waals surface area (Å²) < 4.78 is 16.1. The van der Waals surface area contributed by atoms with Crippen molar-refractivity contribution in [2.45, 2.75) is 0 Å². The zero-order chi connectivity index (χ0) is 20.8. The van der Waals surface area contributed by atoms with E-state index in [0.717, 1.165) is 11.3 Å². The molecule has 4 rings (SSSR count). The predicted molar refractivity (Wildman–Crippen MR) is 110 cm³/mol. The van der Waals surface area contributed by atoms with Crippen LogP contribution in [-0.2, 0) is 4.79 Å². The fourth-order valence-corrected chi connectivity index (χ4v) is 2.70. The summed E-state index contributed by atoms with van der Waals surface area (Å²) in [5.74, 6) is 1.80. The van der Waals surface area contributed by atoms with Crippen LogP contribution in [0.1, 0.15) is 0 Å². The quantitative estimate of drug-likeness (QED) is 0.501. The van der Waals surface area contributed by atoms with Gasteiger partial charge in [0.25, 0.3) is 11.8 Å². The van der Waals surface area contributed by atoms with Crippen LogP contribution in [0.25, 0.3) is 22.8 Å². The van der Waals surface area contributed by atoms with Crippen molar-refractivity contribution in [2.75, 3.05) is 19.0 Å². The van der Waals surface area contributed by atoms with Crippen molar-refractivity contribution in [1.82, 2.24) is 15.1 Å². The largest absolute Gasteiger partial charge is 0.497 e. The summed E-state index contributed by atoms with van der Waals surface area (Å²) in [5.41, 5.74) is 2.11. The number of anilines is 1. The molecule has 0 saturated heterocycles. The standard InChI is InChI=1S/C22H18N4O4/c1-28-18-9-7-15(8-10-18)21-25-22(30-26-21)16-4-2-6-19(12-16)29-14-20(27)24-17-5-3-11-23-13-17/h2-13H,14H2,1H3,(H,24,27). The van der Waals surface area contributed by atoms with Gasteiger partial charge in [-0.15, -0.1) is 0 Å². The van der Waals surface area contributed by atoms with Crippen LogP contribution in [0.3, 0.4) is 0 Å². The third-order valence-electron chi connectivity index (χ3n) is 4.17. The van der Waals surface area contributed by atoms with Gasteiger partial charge in [-0.25, -0.2) is 0 Å². The first-order chi connectivity index (χ1) is 14.7. The number of rotatable bonds is 7. The second-order valence-electron chi connectivity index (χ2n) is 6.26. The van der Waals surface area contributed by atoms with Gasteiger partial charge in [-0.1, -0.05) is 11.2 Å². The van der Waals surface area contributed by atoms with Crippen molar-refractivity contribution in [2.24, 2.45) is 0 Å². The smallest absolute Gasteiger partial charge is 0.262 e. The maximum atomic E-state index is 12.0. The van der Waals surface area contributed by atoms with Gasteiger partial charge in [-0.3, -0.25) is 9.78 Å². The molecule has 0 bridgehead atoms. The molecule has 0 aliphatic carbocycles. The molecule has 0 fully saturated rings. The number of methoxy groups -OCH3 is 1. The first kappa shape index (κ1) is 19.1. The average molecular weight is 402 g/mol. The molecule has 1 amide bonds. The van der Waals surface area contributed by atoms with Crippen LogP contribution in [0, 0.1) is 0 Å². The highest BCUT2D eigenvalue weighted by molar-refractivity contribution is 5.91. The number of carbonyl (C=O) groups excluding carboxylic acids is 1. The van der Waals surface area contributed by atoms with E-state index in [1.54, 1.807) is 49.8 Å². The molecule has 30 heavy (non-hydrogen) atoms. The number of aromatic nitrogens is 3. The summed E-state index contributed by atoms with van der Waals surface area (Å²) in [6, 6.07) is 18.0. The lowest BCUT2D eigenvalue weighted by Crippen LogP contribution is -2.20. The van der Waals surface area contributed by atoms with Gasteiger partial charge in [0.2, 0.25) is 5.82 Å². The fourth-order valence-electron chi connectivity index (χ4n) is 2.70. The minimum atomic E-state index is -0.284. The number of nitrogens with one attached hydrogen (secondary N) is 1. The van der Waals surface area contributed by atoms with Crippen molar-refractivity contribution >= 4 is 11.6 Å². The zero-order valence-electron chi connectivity index (χ0n) is 16.1. The Morgan fingerprint density at radius 1 is 1.03 bits per heavy atom. The van der Waals surface area contributed by atoms with Crippen molar-refractivity contribution in [3.05, 3.63) is 73.1 Å². The van der Waals surface area contributed by atoms with Gasteiger partial charge in [-0.05, 0) is 54.6 Å². The monoisotopic (exact) mass is 402 g/mol. The molecule has 0 aliphatic rings. The van der Waals surface area contributed by atoms with Gasteiger partial charge >= 0.3 is 0 Å². The van der Waals surface area contributed by atoms with E-state index < -0.39 is 0 Å². The van der Waals surface area contributed by atoms with E-state index in [1.165, 1.54) is 0 Å². The van der Waals surface area contributed by atoms with Crippen molar-refractivity contribution in [3.8, 4) is 34.3 Å². The number of benzene rings is 2. The van der Waals surface area contributed by atoms with E-state index in [-0.39, 0.29) is 12.5 Å². The molecule has 0 atom stereocenters. The van der Waals surface area contributed by atoms with Gasteiger partial charge in [0.15, 0.2) is 6.61 Å². The van der Waals surface area contributed by atoms with Gasteiger partial charge in [-0.2, -0.15) is 4.98 Å². The summed E-state index contributed by atoms with van der Waals surface area (Å²) >= 11 is 0. The number of ether oxygens (including phenoxy) is 2. The van der Waals surface area contributed by atoms with Crippen LogP contribution in [0.15, 0.2) is 77.6 Å². The molecule has 8 heteroatoms. The Hall–Kier alpha value is -4.20. The Morgan fingerprint density at radius 3 is 2.67 bits per heavy atom. The Kier molecular flexibility index (Phi) is 5.66. The van der Waals surface area contributed by atoms with Crippen LogP contribution < -0.4 is 14.8 Å². The maximum absolute atomic E-state index is 12.0. The summed E-state index contributed by atoms with van der Waals surface area (Å²) in [6.07, 6.45) is 3.20. The molecular weight excluding hydrogens is 384 g/mol. The number of carbonyl (C=O) groups is 1. The van der Waals surface area contributed by atoms with E-state index in [4.69, 9.17) is 14.0 Å².